The van der Waals surface area contributed by atoms with Crippen molar-refractivity contribution in [3.8, 4) is 5.75 Å². The lowest BCUT2D eigenvalue weighted by atomic mass is 10.0. The molecule has 2 aromatic carbocycles. The molecule has 0 aliphatic heterocycles. The summed E-state index contributed by atoms with van der Waals surface area (Å²) < 4.78 is 5.84. The Morgan fingerprint density at radius 1 is 1.04 bits per heavy atom. The Hall–Kier alpha value is -2.85. The smallest absolute Gasteiger partial charge is 0.146 e. The quantitative estimate of drug-likeness (QED) is 0.441. The van der Waals surface area contributed by atoms with Gasteiger partial charge in [-0.25, -0.2) is 4.98 Å². The van der Waals surface area contributed by atoms with Crippen LogP contribution in [0.15, 0.2) is 60.9 Å². The van der Waals surface area contributed by atoms with Gasteiger partial charge in [-0.15, -0.1) is 0 Å². The molecule has 4 nitrogen and oxygen atoms in total. The van der Waals surface area contributed by atoms with E-state index in [9.17, 15) is 0 Å². The molecule has 0 bridgehead atoms. The summed E-state index contributed by atoms with van der Waals surface area (Å²) in [5, 5.41) is 0.697. The summed E-state index contributed by atoms with van der Waals surface area (Å²) in [7, 11) is 0. The van der Waals surface area contributed by atoms with Gasteiger partial charge in [0, 0.05) is 17.4 Å². The van der Waals surface area contributed by atoms with Gasteiger partial charge in [0.1, 0.15) is 18.2 Å². The summed E-state index contributed by atoms with van der Waals surface area (Å²) in [4.78, 5) is 12.4. The lowest BCUT2D eigenvalue weighted by molar-refractivity contribution is 0.297. The highest BCUT2D eigenvalue weighted by Crippen LogP contribution is 2.23. The molecule has 2 aromatic heterocycles. The maximum absolute atomic E-state index is 5.92. The van der Waals surface area contributed by atoms with Gasteiger partial charge in [-0.3, -0.25) is 4.98 Å². The number of pyridine rings is 1. The fourth-order valence-corrected chi connectivity index (χ4v) is 3.44. The number of hydrogen-bond donors (Lipinski definition) is 1. The first-order valence-electron chi connectivity index (χ1n) is 9.43. The van der Waals surface area contributed by atoms with Crippen molar-refractivity contribution in [3.63, 3.8) is 0 Å². The van der Waals surface area contributed by atoms with E-state index in [0.717, 1.165) is 41.9 Å². The predicted octanol–water partition coefficient (Wildman–Crippen LogP) is 5.67. The average molecular weight is 392 g/mol. The molecular weight excluding hydrogens is 370 g/mol. The minimum Gasteiger partial charge on any atom is -0.486 e. The highest BCUT2D eigenvalue weighted by atomic mass is 35.5. The third kappa shape index (κ3) is 4.34. The largest absolute Gasteiger partial charge is 0.486 e. The zero-order chi connectivity index (χ0) is 19.3. The van der Waals surface area contributed by atoms with Crippen molar-refractivity contribution in [2.75, 3.05) is 0 Å². The molecule has 1 N–H and O–H groups in total. The third-order valence-electron chi connectivity index (χ3n) is 4.81. The van der Waals surface area contributed by atoms with Gasteiger partial charge < -0.3 is 9.72 Å². The van der Waals surface area contributed by atoms with Gasteiger partial charge in [0.25, 0.3) is 0 Å². The number of aromatic nitrogens is 3. The number of benzene rings is 2. The number of hydrogen-bond acceptors (Lipinski definition) is 3. The van der Waals surface area contributed by atoms with Gasteiger partial charge in [0.2, 0.25) is 0 Å². The van der Waals surface area contributed by atoms with Crippen molar-refractivity contribution in [1.29, 1.82) is 0 Å². The standard InChI is InChI=1S/C23H22ClN3O/c1-16-7-8-18(6-2-4-17-5-3-13-25-14-17)23-22(16)26-21(27-23)15-28-20-11-9-19(24)10-12-20/h3,5,7-14H,2,4,6,15H2,1H3,(H,26,27). The number of rotatable bonds is 7. The maximum atomic E-state index is 5.92. The first-order chi connectivity index (χ1) is 13.7. The number of nitrogens with zero attached hydrogens (tertiary/aromatic N) is 2. The average Bonchev–Trinajstić information content (AvgIpc) is 3.16. The van der Waals surface area contributed by atoms with Crippen molar-refractivity contribution in [2.45, 2.75) is 32.8 Å². The molecule has 5 heteroatoms. The predicted molar refractivity (Wildman–Crippen MR) is 113 cm³/mol. The van der Waals surface area contributed by atoms with E-state index < -0.39 is 0 Å². The van der Waals surface area contributed by atoms with Crippen LogP contribution in [0.25, 0.3) is 11.0 Å². The second-order valence-corrected chi connectivity index (χ2v) is 7.34. The first-order valence-corrected chi connectivity index (χ1v) is 9.81. The molecule has 0 radical (unpaired) electrons. The fourth-order valence-electron chi connectivity index (χ4n) is 3.31. The van der Waals surface area contributed by atoms with Gasteiger partial charge in [0.15, 0.2) is 0 Å². The Morgan fingerprint density at radius 3 is 2.68 bits per heavy atom. The number of halogens is 1. The van der Waals surface area contributed by atoms with Crippen LogP contribution < -0.4 is 4.74 Å². The molecular formula is C23H22ClN3O. The second-order valence-electron chi connectivity index (χ2n) is 6.91. The molecule has 0 saturated heterocycles. The van der Waals surface area contributed by atoms with E-state index in [2.05, 4.69) is 35.1 Å². The molecule has 0 fully saturated rings. The molecule has 142 valence electrons. The number of nitrogens with one attached hydrogen (secondary N) is 1. The van der Waals surface area contributed by atoms with Crippen LogP contribution in [0.2, 0.25) is 5.02 Å². The molecule has 2 heterocycles. The van der Waals surface area contributed by atoms with Gasteiger partial charge in [-0.1, -0.05) is 29.8 Å². The van der Waals surface area contributed by atoms with Crippen molar-refractivity contribution >= 4 is 22.6 Å². The van der Waals surface area contributed by atoms with Crippen LogP contribution in [-0.4, -0.2) is 15.0 Å². The van der Waals surface area contributed by atoms with E-state index in [1.54, 1.807) is 0 Å². The summed E-state index contributed by atoms with van der Waals surface area (Å²) in [6.45, 7) is 2.49. The Bertz CT molecular complexity index is 1060. The van der Waals surface area contributed by atoms with Crippen LogP contribution >= 0.6 is 11.6 Å². The van der Waals surface area contributed by atoms with Crippen LogP contribution in [0.3, 0.4) is 0 Å². The zero-order valence-electron chi connectivity index (χ0n) is 15.8. The highest BCUT2D eigenvalue weighted by molar-refractivity contribution is 6.30. The minimum absolute atomic E-state index is 0.394. The molecule has 0 unspecified atom stereocenters. The summed E-state index contributed by atoms with van der Waals surface area (Å²) in [6, 6.07) is 15.8. The Balaban J connectivity index is 1.47. The lowest BCUT2D eigenvalue weighted by Crippen LogP contribution is -1.97. The summed E-state index contributed by atoms with van der Waals surface area (Å²) in [6.07, 6.45) is 6.80. The van der Waals surface area contributed by atoms with Gasteiger partial charge >= 0.3 is 0 Å². The van der Waals surface area contributed by atoms with E-state index in [4.69, 9.17) is 21.3 Å². The van der Waals surface area contributed by atoms with Crippen LogP contribution in [-0.2, 0) is 19.4 Å². The monoisotopic (exact) mass is 391 g/mol. The van der Waals surface area contributed by atoms with E-state index in [-0.39, 0.29) is 0 Å². The maximum Gasteiger partial charge on any atom is 0.146 e. The third-order valence-corrected chi connectivity index (χ3v) is 5.06. The number of fused-ring (bicyclic) bond motifs is 1. The van der Waals surface area contributed by atoms with E-state index in [0.29, 0.717) is 11.6 Å². The SMILES string of the molecule is Cc1ccc(CCCc2cccnc2)c2nc(COc3ccc(Cl)cc3)[nH]c12. The summed E-state index contributed by atoms with van der Waals surface area (Å²) in [5.41, 5.74) is 5.86. The Labute approximate surface area is 169 Å². The van der Waals surface area contributed by atoms with Crippen LogP contribution in [0.5, 0.6) is 5.75 Å². The van der Waals surface area contributed by atoms with Crippen molar-refractivity contribution < 1.29 is 4.74 Å². The zero-order valence-corrected chi connectivity index (χ0v) is 16.5. The number of aryl methyl sites for hydroxylation is 3. The number of H-pyrrole nitrogens is 1. The van der Waals surface area contributed by atoms with Crippen LogP contribution in [0.1, 0.15) is 28.9 Å². The lowest BCUT2D eigenvalue weighted by Gasteiger charge is -2.04. The summed E-state index contributed by atoms with van der Waals surface area (Å²) >= 11 is 5.92. The highest BCUT2D eigenvalue weighted by Gasteiger charge is 2.10. The molecule has 0 saturated carbocycles. The van der Waals surface area contributed by atoms with Gasteiger partial charge in [-0.05, 0) is 73.2 Å². The molecule has 4 aromatic rings. The molecule has 28 heavy (non-hydrogen) atoms. The molecule has 0 aliphatic rings. The van der Waals surface area contributed by atoms with Crippen LogP contribution in [0.4, 0.5) is 0 Å². The second kappa shape index (κ2) is 8.44. The molecule has 0 aliphatic carbocycles. The fraction of sp³-hybridized carbons (Fsp3) is 0.217. The number of aromatic amines is 1. The van der Waals surface area contributed by atoms with Gasteiger partial charge in [0.05, 0.1) is 11.0 Å². The Morgan fingerprint density at radius 2 is 1.89 bits per heavy atom. The molecule has 0 atom stereocenters. The van der Waals surface area contributed by atoms with Gasteiger partial charge in [-0.2, -0.15) is 0 Å². The topological polar surface area (TPSA) is 50.8 Å². The molecule has 0 amide bonds. The number of imidazole rings is 1. The van der Waals surface area contributed by atoms with E-state index in [1.807, 2.05) is 42.7 Å². The molecule has 0 spiro atoms. The Kier molecular flexibility index (Phi) is 5.58. The normalized spacial score (nSPS) is 11.1. The van der Waals surface area contributed by atoms with E-state index in [1.165, 1.54) is 16.7 Å². The van der Waals surface area contributed by atoms with E-state index >= 15 is 0 Å². The number of ether oxygens (including phenoxy) is 1. The van der Waals surface area contributed by atoms with Crippen LogP contribution in [0, 0.1) is 6.92 Å². The van der Waals surface area contributed by atoms with Crippen molar-refractivity contribution in [1.82, 2.24) is 15.0 Å². The summed E-state index contributed by atoms with van der Waals surface area (Å²) in [5.74, 6) is 1.60. The minimum atomic E-state index is 0.394. The van der Waals surface area contributed by atoms with Crippen molar-refractivity contribution in [2.24, 2.45) is 0 Å². The molecule has 4 rings (SSSR count). The first kappa shape index (κ1) is 18.5. The van der Waals surface area contributed by atoms with Crippen molar-refractivity contribution in [3.05, 3.63) is 88.5 Å².